The maximum Gasteiger partial charge on any atom is 0.311 e. The number of carbonyl (C=O) groups excluding carboxylic acids is 3. The molecule has 38 heavy (non-hydrogen) atoms. The van der Waals surface area contributed by atoms with Gasteiger partial charge < -0.3 is 19.6 Å². The molecule has 3 fully saturated rings. The summed E-state index contributed by atoms with van der Waals surface area (Å²) in [5.41, 5.74) is 0.973. The third-order valence-corrected chi connectivity index (χ3v) is 10.3. The summed E-state index contributed by atoms with van der Waals surface area (Å²) in [6.07, 6.45) is 6.83. The lowest BCUT2D eigenvalue weighted by Gasteiger charge is -2.41. The minimum absolute atomic E-state index is 0.0310. The Hall–Kier alpha value is -2.58. The van der Waals surface area contributed by atoms with Gasteiger partial charge in [-0.15, -0.1) is 18.3 Å². The van der Waals surface area contributed by atoms with Gasteiger partial charge >= 0.3 is 5.97 Å². The number of aliphatic hydroxyl groups is 1. The number of thioether (sulfide) groups is 1. The lowest BCUT2D eigenvalue weighted by molar-refractivity contribution is -0.153. The normalized spacial score (nSPS) is 29.0. The first-order chi connectivity index (χ1) is 18.3. The number of aliphatic hydroxyl groups excluding tert-OH is 1. The van der Waals surface area contributed by atoms with Crippen molar-refractivity contribution in [2.24, 2.45) is 11.8 Å². The minimum atomic E-state index is -0.771. The van der Waals surface area contributed by atoms with Crippen LogP contribution in [0, 0.1) is 11.8 Å². The number of hydrogen-bond acceptors (Lipinski definition) is 6. The summed E-state index contributed by atoms with van der Waals surface area (Å²) in [4.78, 5) is 45.5. The second-order valence-corrected chi connectivity index (χ2v) is 12.3. The van der Waals surface area contributed by atoms with Crippen molar-refractivity contribution in [2.45, 2.75) is 74.1 Å². The van der Waals surface area contributed by atoms with Gasteiger partial charge in [-0.25, -0.2) is 0 Å². The van der Waals surface area contributed by atoms with E-state index in [2.05, 4.69) is 20.1 Å². The third kappa shape index (κ3) is 4.93. The van der Waals surface area contributed by atoms with E-state index < -0.39 is 34.6 Å². The Kier molecular flexibility index (Phi) is 9.04. The summed E-state index contributed by atoms with van der Waals surface area (Å²) < 4.78 is 4.72. The third-order valence-electron chi connectivity index (χ3n) is 8.35. The Labute approximate surface area is 230 Å². The fourth-order valence-corrected chi connectivity index (χ4v) is 8.95. The van der Waals surface area contributed by atoms with Crippen LogP contribution in [0.2, 0.25) is 0 Å². The van der Waals surface area contributed by atoms with Gasteiger partial charge in [-0.3, -0.25) is 14.4 Å². The molecule has 1 aromatic rings. The molecule has 0 aliphatic carbocycles. The highest BCUT2D eigenvalue weighted by molar-refractivity contribution is 8.02. The van der Waals surface area contributed by atoms with Crippen molar-refractivity contribution in [3.63, 3.8) is 0 Å². The van der Waals surface area contributed by atoms with Crippen LogP contribution < -0.4 is 0 Å². The van der Waals surface area contributed by atoms with E-state index >= 15 is 0 Å². The second-order valence-electron chi connectivity index (χ2n) is 10.7. The Bertz CT molecular complexity index is 1050. The molecule has 206 valence electrons. The number of amides is 2. The number of nitrogens with zero attached hydrogens (tertiary/aromatic N) is 2. The fraction of sp³-hybridized carbons (Fsp3) is 0.567. The van der Waals surface area contributed by atoms with Crippen LogP contribution in [0.1, 0.15) is 45.1 Å². The number of benzene rings is 1. The summed E-state index contributed by atoms with van der Waals surface area (Å²) in [7, 11) is 0. The second kappa shape index (κ2) is 12.1. The average Bonchev–Trinajstić information content (AvgIpc) is 3.56. The Morgan fingerprint density at radius 2 is 2.03 bits per heavy atom. The Morgan fingerprint density at radius 3 is 2.66 bits per heavy atom. The molecule has 3 heterocycles. The summed E-state index contributed by atoms with van der Waals surface area (Å²) >= 11 is 1.61. The van der Waals surface area contributed by atoms with E-state index in [9.17, 15) is 19.5 Å². The van der Waals surface area contributed by atoms with Crippen molar-refractivity contribution in [2.75, 3.05) is 19.8 Å². The molecule has 2 bridgehead atoms. The molecule has 1 aromatic carbocycles. The smallest absolute Gasteiger partial charge is 0.311 e. The Morgan fingerprint density at radius 1 is 1.29 bits per heavy atom. The quantitative estimate of drug-likeness (QED) is 0.304. The molecule has 8 heteroatoms. The number of esters is 1. The molecule has 3 unspecified atom stereocenters. The van der Waals surface area contributed by atoms with Gasteiger partial charge in [0.15, 0.2) is 0 Å². The number of hydrogen-bond donors (Lipinski definition) is 1. The van der Waals surface area contributed by atoms with E-state index in [-0.39, 0.29) is 36.3 Å². The van der Waals surface area contributed by atoms with Gasteiger partial charge in [-0.05, 0) is 38.2 Å². The molecule has 4 rings (SSSR count). The predicted octanol–water partition coefficient (Wildman–Crippen LogP) is 3.61. The average molecular weight is 541 g/mol. The van der Waals surface area contributed by atoms with Crippen molar-refractivity contribution < 1.29 is 24.2 Å². The van der Waals surface area contributed by atoms with Gasteiger partial charge in [-0.2, -0.15) is 0 Å². The molecular formula is C30H40N2O5S. The number of fused-ring (bicyclic) bond motifs is 1. The van der Waals surface area contributed by atoms with Gasteiger partial charge in [0.25, 0.3) is 0 Å². The first kappa shape index (κ1) is 28.4. The standard InChI is InChI=1S/C30H40N2O5S/c1-5-11-20(4)31(16-6-2)28(35)26-30-15-14-23(38-30)24(29(36)37-17-7-3)25(30)27(34)32(26)22(19-33)18-21-12-9-8-10-13-21/h6-10,12-13,20,22-26,33H,2-3,5,11,14-19H2,1,4H3/t20?,22-,23+,24-,25+,26?,30?/m1/s1. The number of ether oxygens (including phenoxy) is 1. The van der Waals surface area contributed by atoms with Gasteiger partial charge in [-0.1, -0.05) is 62.4 Å². The predicted molar refractivity (Wildman–Crippen MR) is 149 cm³/mol. The molecule has 2 amide bonds. The zero-order chi connectivity index (χ0) is 27.4. The van der Waals surface area contributed by atoms with Gasteiger partial charge in [0.2, 0.25) is 11.8 Å². The topological polar surface area (TPSA) is 87.2 Å². The van der Waals surface area contributed by atoms with Crippen molar-refractivity contribution in [1.29, 1.82) is 0 Å². The van der Waals surface area contributed by atoms with Crippen LogP contribution in [-0.2, 0) is 25.5 Å². The van der Waals surface area contributed by atoms with Crippen LogP contribution in [0.15, 0.2) is 55.6 Å². The van der Waals surface area contributed by atoms with Crippen LogP contribution in [0.3, 0.4) is 0 Å². The molecule has 1 spiro atoms. The van der Waals surface area contributed by atoms with Crippen LogP contribution in [0.25, 0.3) is 0 Å². The van der Waals surface area contributed by atoms with E-state index in [0.717, 1.165) is 24.8 Å². The van der Waals surface area contributed by atoms with Crippen LogP contribution in [0.4, 0.5) is 0 Å². The van der Waals surface area contributed by atoms with Gasteiger partial charge in [0.1, 0.15) is 12.6 Å². The maximum atomic E-state index is 14.5. The lowest BCUT2D eigenvalue weighted by atomic mass is 9.71. The van der Waals surface area contributed by atoms with E-state index in [4.69, 9.17) is 4.74 Å². The summed E-state index contributed by atoms with van der Waals surface area (Å²) in [6, 6.07) is 8.30. The highest BCUT2D eigenvalue weighted by Crippen LogP contribution is 2.67. The minimum Gasteiger partial charge on any atom is -0.461 e. The van der Waals surface area contributed by atoms with Gasteiger partial charge in [0.05, 0.1) is 29.2 Å². The Balaban J connectivity index is 1.78. The molecule has 3 saturated heterocycles. The van der Waals surface area contributed by atoms with E-state index in [1.165, 1.54) is 6.08 Å². The zero-order valence-corrected chi connectivity index (χ0v) is 23.3. The monoisotopic (exact) mass is 540 g/mol. The van der Waals surface area contributed by atoms with Crippen LogP contribution in [-0.4, -0.2) is 80.6 Å². The highest BCUT2D eigenvalue weighted by Gasteiger charge is 2.74. The molecule has 7 nitrogen and oxygen atoms in total. The van der Waals surface area contributed by atoms with E-state index in [1.807, 2.05) is 42.2 Å². The van der Waals surface area contributed by atoms with E-state index in [0.29, 0.717) is 19.4 Å². The largest absolute Gasteiger partial charge is 0.461 e. The molecule has 1 N–H and O–H groups in total. The summed E-state index contributed by atoms with van der Waals surface area (Å²) in [5.74, 6) is -2.02. The van der Waals surface area contributed by atoms with E-state index in [1.54, 1.807) is 22.7 Å². The summed E-state index contributed by atoms with van der Waals surface area (Å²) in [5, 5.41) is 10.5. The zero-order valence-electron chi connectivity index (χ0n) is 22.5. The molecule has 0 radical (unpaired) electrons. The lowest BCUT2D eigenvalue weighted by Crippen LogP contribution is -2.59. The molecule has 7 atom stereocenters. The van der Waals surface area contributed by atoms with Crippen molar-refractivity contribution in [1.82, 2.24) is 9.80 Å². The number of carbonyl (C=O) groups is 3. The molecule has 3 aliphatic rings. The fourth-order valence-electron chi connectivity index (χ4n) is 6.76. The molecule has 0 aromatic heterocycles. The molecular weight excluding hydrogens is 500 g/mol. The van der Waals surface area contributed by atoms with Gasteiger partial charge in [0, 0.05) is 17.8 Å². The first-order valence-corrected chi connectivity index (χ1v) is 14.6. The molecule has 0 saturated carbocycles. The molecule has 3 aliphatic heterocycles. The van der Waals surface area contributed by atoms with Crippen LogP contribution >= 0.6 is 11.8 Å². The first-order valence-electron chi connectivity index (χ1n) is 13.7. The van der Waals surface area contributed by atoms with Crippen LogP contribution in [0.5, 0.6) is 0 Å². The maximum absolute atomic E-state index is 14.5. The van der Waals surface area contributed by atoms with Crippen molar-refractivity contribution >= 4 is 29.5 Å². The highest BCUT2D eigenvalue weighted by atomic mass is 32.2. The number of rotatable bonds is 13. The van der Waals surface area contributed by atoms with Crippen molar-refractivity contribution in [3.05, 3.63) is 61.2 Å². The summed E-state index contributed by atoms with van der Waals surface area (Å²) in [6.45, 7) is 11.8. The SMILES string of the molecule is C=CCOC(=O)[C@@H]1[C@@H]2CCC3(S2)C(C(=O)N(CC=C)C(C)CCC)N([C@@H](CO)Cc2ccccc2)C(=O)[C@H]13. The van der Waals surface area contributed by atoms with Crippen molar-refractivity contribution in [3.8, 4) is 0 Å². The number of likely N-dealkylation sites (tertiary alicyclic amines) is 1.